The highest BCUT2D eigenvalue weighted by Crippen LogP contribution is 2.31. The zero-order chi connectivity index (χ0) is 23.4. The molecule has 0 bridgehead atoms. The first-order valence-electron chi connectivity index (χ1n) is 11.5. The van der Waals surface area contributed by atoms with Gasteiger partial charge in [0.2, 0.25) is 0 Å². The number of pyridine rings is 1. The second kappa shape index (κ2) is 10.3. The molecule has 0 aliphatic carbocycles. The molecule has 2 aliphatic rings. The largest absolute Gasteiger partial charge is 0.502 e. The van der Waals surface area contributed by atoms with E-state index in [2.05, 4.69) is 10.2 Å². The van der Waals surface area contributed by atoms with E-state index < -0.39 is 4.92 Å². The summed E-state index contributed by atoms with van der Waals surface area (Å²) in [6, 6.07) is 8.26. The van der Waals surface area contributed by atoms with Gasteiger partial charge in [-0.15, -0.1) is 0 Å². The predicted molar refractivity (Wildman–Crippen MR) is 122 cm³/mol. The Morgan fingerprint density at radius 1 is 1.27 bits per heavy atom. The number of carbonyl (C=O) groups excluding carboxylic acids is 1. The minimum absolute atomic E-state index is 0.0924. The van der Waals surface area contributed by atoms with Gasteiger partial charge in [0, 0.05) is 37.4 Å². The monoisotopic (exact) mass is 454 g/mol. The lowest BCUT2D eigenvalue weighted by Crippen LogP contribution is -2.35. The number of hydrogen-bond donors (Lipinski definition) is 2. The number of nitro groups is 1. The highest BCUT2D eigenvalue weighted by Gasteiger charge is 2.27. The molecule has 2 aliphatic heterocycles. The van der Waals surface area contributed by atoms with Gasteiger partial charge in [0.05, 0.1) is 22.3 Å². The van der Waals surface area contributed by atoms with Gasteiger partial charge in [-0.05, 0) is 69.5 Å². The molecule has 9 nitrogen and oxygen atoms in total. The van der Waals surface area contributed by atoms with Crippen molar-refractivity contribution < 1.29 is 19.6 Å². The summed E-state index contributed by atoms with van der Waals surface area (Å²) in [4.78, 5) is 30.4. The van der Waals surface area contributed by atoms with E-state index in [1.807, 2.05) is 19.1 Å². The number of aromatic hydroxyl groups is 1. The normalized spacial score (nSPS) is 19.5. The van der Waals surface area contributed by atoms with E-state index in [9.17, 15) is 20.0 Å². The second-order valence-electron chi connectivity index (χ2n) is 8.86. The molecule has 3 heterocycles. The lowest BCUT2D eigenvalue weighted by atomic mass is 9.89. The molecule has 2 saturated heterocycles. The molecule has 2 N–H and O–H groups in total. The highest BCUT2D eigenvalue weighted by atomic mass is 16.6. The molecule has 4 rings (SSSR count). The number of nitro benzene ring substituents is 1. The van der Waals surface area contributed by atoms with Crippen LogP contribution in [0.2, 0.25) is 0 Å². The van der Waals surface area contributed by atoms with Crippen molar-refractivity contribution in [1.29, 1.82) is 0 Å². The average Bonchev–Trinajstić information content (AvgIpc) is 3.33. The van der Waals surface area contributed by atoms with Crippen LogP contribution in [0, 0.1) is 17.0 Å². The zero-order valence-corrected chi connectivity index (χ0v) is 18.8. The molecule has 0 spiro atoms. The van der Waals surface area contributed by atoms with E-state index in [0.29, 0.717) is 18.7 Å². The number of phenolic OH excluding ortho intramolecular Hbond substituents is 1. The maximum atomic E-state index is 12.9. The third-order valence-electron chi connectivity index (χ3n) is 6.44. The van der Waals surface area contributed by atoms with E-state index in [4.69, 9.17) is 9.72 Å². The van der Waals surface area contributed by atoms with Gasteiger partial charge in [0.15, 0.2) is 5.75 Å². The highest BCUT2D eigenvalue weighted by molar-refractivity contribution is 5.95. The van der Waals surface area contributed by atoms with Crippen LogP contribution in [0.5, 0.6) is 5.75 Å². The summed E-state index contributed by atoms with van der Waals surface area (Å²) < 4.78 is 5.61. The first kappa shape index (κ1) is 23.1. The first-order chi connectivity index (χ1) is 15.9. The molecule has 0 unspecified atom stereocenters. The van der Waals surface area contributed by atoms with Gasteiger partial charge < -0.3 is 15.2 Å². The molecule has 33 heavy (non-hydrogen) atoms. The van der Waals surface area contributed by atoms with Crippen molar-refractivity contribution in [3.8, 4) is 5.75 Å². The Hall–Kier alpha value is -3.04. The van der Waals surface area contributed by atoms with Crippen molar-refractivity contribution in [2.75, 3.05) is 26.2 Å². The van der Waals surface area contributed by atoms with Crippen LogP contribution in [0.1, 0.15) is 58.9 Å². The summed E-state index contributed by atoms with van der Waals surface area (Å²) in [5.74, 6) is -0.246. The van der Waals surface area contributed by atoms with Crippen molar-refractivity contribution in [2.24, 2.45) is 0 Å². The Morgan fingerprint density at radius 3 is 2.76 bits per heavy atom. The molecule has 0 radical (unpaired) electrons. The molecule has 2 aromatic rings. The Kier molecular flexibility index (Phi) is 7.20. The third-order valence-corrected chi connectivity index (χ3v) is 6.44. The van der Waals surface area contributed by atoms with E-state index in [1.165, 1.54) is 12.1 Å². The molecule has 1 aromatic carbocycles. The van der Waals surface area contributed by atoms with Crippen molar-refractivity contribution in [3.05, 3.63) is 63.0 Å². The minimum Gasteiger partial charge on any atom is -0.502 e. The number of nitrogens with zero attached hydrogens (tertiary/aromatic N) is 3. The number of hydrogen-bond acceptors (Lipinski definition) is 7. The van der Waals surface area contributed by atoms with Gasteiger partial charge in [-0.3, -0.25) is 24.8 Å². The Balaban J connectivity index is 1.39. The number of ether oxygens (including phenoxy) is 1. The van der Waals surface area contributed by atoms with Gasteiger partial charge in [0.25, 0.3) is 5.91 Å². The SMILES string of the molecule is Cc1ccc(C(=O)NC[C@@H]2CCCO2)c(C2CCN(Cc3ccc(O)c([N+](=O)[O-])c3)CC2)n1. The molecular formula is C24H30N4O5. The Morgan fingerprint density at radius 2 is 2.06 bits per heavy atom. The smallest absolute Gasteiger partial charge is 0.311 e. The van der Waals surface area contributed by atoms with Crippen molar-refractivity contribution in [1.82, 2.24) is 15.2 Å². The van der Waals surface area contributed by atoms with Crippen LogP contribution in [0.15, 0.2) is 30.3 Å². The number of aryl methyl sites for hydroxylation is 1. The zero-order valence-electron chi connectivity index (χ0n) is 18.8. The molecule has 1 atom stereocenters. The van der Waals surface area contributed by atoms with Gasteiger partial charge in [-0.25, -0.2) is 0 Å². The summed E-state index contributed by atoms with van der Waals surface area (Å²) in [6.45, 7) is 5.38. The van der Waals surface area contributed by atoms with Gasteiger partial charge in [-0.2, -0.15) is 0 Å². The molecule has 2 fully saturated rings. The molecule has 1 aromatic heterocycles. The Labute approximate surface area is 192 Å². The number of carbonyl (C=O) groups is 1. The van der Waals surface area contributed by atoms with Crippen LogP contribution in [-0.2, 0) is 11.3 Å². The molecular weight excluding hydrogens is 424 g/mol. The standard InChI is InChI=1S/C24H30N4O5/c1-16-4-6-20(24(30)25-14-19-3-2-12-33-19)23(26-16)18-8-10-27(11-9-18)15-17-5-7-22(29)21(13-17)28(31)32/h4-7,13,18-19,29H,2-3,8-12,14-15H2,1H3,(H,25,30)/t19-/m0/s1. The number of benzene rings is 1. The Bertz CT molecular complexity index is 1010. The molecule has 0 saturated carbocycles. The van der Waals surface area contributed by atoms with Crippen LogP contribution < -0.4 is 5.32 Å². The summed E-state index contributed by atoms with van der Waals surface area (Å²) in [5, 5.41) is 23.8. The lowest BCUT2D eigenvalue weighted by Gasteiger charge is -2.32. The first-order valence-corrected chi connectivity index (χ1v) is 11.5. The minimum atomic E-state index is -0.570. The van der Waals surface area contributed by atoms with Gasteiger partial charge >= 0.3 is 5.69 Å². The average molecular weight is 455 g/mol. The lowest BCUT2D eigenvalue weighted by molar-refractivity contribution is -0.385. The van der Waals surface area contributed by atoms with Gasteiger partial charge in [0.1, 0.15) is 0 Å². The number of likely N-dealkylation sites (tertiary alicyclic amines) is 1. The molecule has 1 amide bonds. The maximum Gasteiger partial charge on any atom is 0.311 e. The fourth-order valence-corrected chi connectivity index (χ4v) is 4.62. The van der Waals surface area contributed by atoms with E-state index in [-0.39, 0.29) is 29.4 Å². The van der Waals surface area contributed by atoms with E-state index in [0.717, 1.165) is 62.3 Å². The van der Waals surface area contributed by atoms with Crippen LogP contribution in [0.3, 0.4) is 0 Å². The fourth-order valence-electron chi connectivity index (χ4n) is 4.62. The number of nitrogens with one attached hydrogen (secondary N) is 1. The number of piperidine rings is 1. The molecule has 176 valence electrons. The van der Waals surface area contributed by atoms with Crippen molar-refractivity contribution >= 4 is 11.6 Å². The number of aromatic nitrogens is 1. The predicted octanol–water partition coefficient (Wildman–Crippen LogP) is 3.29. The van der Waals surface area contributed by atoms with Crippen LogP contribution in [0.25, 0.3) is 0 Å². The quantitative estimate of drug-likeness (QED) is 0.487. The second-order valence-corrected chi connectivity index (χ2v) is 8.86. The van der Waals surface area contributed by atoms with Crippen LogP contribution in [0.4, 0.5) is 5.69 Å². The van der Waals surface area contributed by atoms with Crippen LogP contribution in [-0.4, -0.2) is 58.2 Å². The van der Waals surface area contributed by atoms with Crippen LogP contribution >= 0.6 is 0 Å². The summed E-state index contributed by atoms with van der Waals surface area (Å²) in [7, 11) is 0. The van der Waals surface area contributed by atoms with Crippen molar-refractivity contribution in [2.45, 2.75) is 51.2 Å². The van der Waals surface area contributed by atoms with E-state index >= 15 is 0 Å². The van der Waals surface area contributed by atoms with Gasteiger partial charge in [-0.1, -0.05) is 6.07 Å². The topological polar surface area (TPSA) is 118 Å². The number of amides is 1. The third kappa shape index (κ3) is 5.66. The number of rotatable bonds is 7. The summed E-state index contributed by atoms with van der Waals surface area (Å²) in [6.07, 6.45) is 3.80. The summed E-state index contributed by atoms with van der Waals surface area (Å²) >= 11 is 0. The van der Waals surface area contributed by atoms with Crippen molar-refractivity contribution in [3.63, 3.8) is 0 Å². The fraction of sp³-hybridized carbons (Fsp3) is 0.500. The molecule has 9 heteroatoms. The van der Waals surface area contributed by atoms with E-state index in [1.54, 1.807) is 6.07 Å². The number of phenols is 1. The summed E-state index contributed by atoms with van der Waals surface area (Å²) in [5.41, 5.74) is 2.89. The maximum absolute atomic E-state index is 12.9.